The molecule has 0 spiro atoms. The number of carbonyl (C=O) groups is 2. The average Bonchev–Trinajstić information content (AvgIpc) is 4.38. The number of hydrogen-bond donors (Lipinski definition) is 0. The lowest BCUT2D eigenvalue weighted by molar-refractivity contribution is 0.0484. The standard InChI is InChI=1S/C64H54N12O4/c77-61(47-35-37-55-57(41-47)51-31-17-19-33-53(51)59(55)67-75(49-27-13-7-14-28-49)63-65-69-71-73(63)43-45-23-9-5-10-24-45)79-39-21-3-1-2-4-22-40-80-62(78)48-36-38-56-58(42-48)52-32-18-20-34-54(52)60(56)68-76(50-29-15-8-16-30-50)64-66-70-72-74(64)44-46-25-11-6-12-26-46/h5-20,23-38,41-42H,1-4,21-22,39-40,43-44H2/b67-59+,68-60+. The molecule has 10 aromatic rings. The molecule has 2 aliphatic carbocycles. The molecule has 0 fully saturated rings. The van der Waals surface area contributed by atoms with Gasteiger partial charge in [-0.1, -0.05) is 194 Å². The van der Waals surface area contributed by atoms with Crippen molar-refractivity contribution in [2.24, 2.45) is 10.2 Å². The van der Waals surface area contributed by atoms with Crippen LogP contribution in [-0.2, 0) is 22.6 Å². The molecule has 0 saturated carbocycles. The van der Waals surface area contributed by atoms with E-state index in [1.165, 1.54) is 0 Å². The fourth-order valence-electron chi connectivity index (χ4n) is 10.2. The van der Waals surface area contributed by atoms with E-state index in [-0.39, 0.29) is 11.9 Å². The van der Waals surface area contributed by atoms with E-state index in [1.54, 1.807) is 31.5 Å². The second-order valence-electron chi connectivity index (χ2n) is 19.4. The highest BCUT2D eigenvalue weighted by molar-refractivity contribution is 6.26. The van der Waals surface area contributed by atoms with Gasteiger partial charge in [0.2, 0.25) is 0 Å². The van der Waals surface area contributed by atoms with E-state index in [4.69, 9.17) is 19.7 Å². The highest BCUT2D eigenvalue weighted by atomic mass is 16.5. The first-order valence-corrected chi connectivity index (χ1v) is 26.8. The van der Waals surface area contributed by atoms with Gasteiger partial charge in [0.1, 0.15) is 0 Å². The summed E-state index contributed by atoms with van der Waals surface area (Å²) in [4.78, 5) is 27.0. The van der Waals surface area contributed by atoms with Gasteiger partial charge in [-0.3, -0.25) is 0 Å². The number of hydrazone groups is 2. The van der Waals surface area contributed by atoms with Crippen molar-refractivity contribution >= 4 is 46.6 Å². The summed E-state index contributed by atoms with van der Waals surface area (Å²) in [5.41, 5.74) is 13.5. The summed E-state index contributed by atoms with van der Waals surface area (Å²) < 4.78 is 15.1. The van der Waals surface area contributed by atoms with Crippen LogP contribution in [0.2, 0.25) is 0 Å². The average molecular weight is 1060 g/mol. The van der Waals surface area contributed by atoms with Crippen LogP contribution in [0.1, 0.15) is 92.6 Å². The molecule has 8 aromatic carbocycles. The number of tetrazole rings is 2. The van der Waals surface area contributed by atoms with Crippen molar-refractivity contribution in [2.75, 3.05) is 23.2 Å². The zero-order valence-corrected chi connectivity index (χ0v) is 43.7. The van der Waals surface area contributed by atoms with E-state index in [2.05, 4.69) is 31.1 Å². The van der Waals surface area contributed by atoms with Crippen molar-refractivity contribution in [3.63, 3.8) is 0 Å². The fourth-order valence-corrected chi connectivity index (χ4v) is 10.2. The molecule has 0 aliphatic heterocycles. The molecule has 0 radical (unpaired) electrons. The molecule has 0 bridgehead atoms. The highest BCUT2D eigenvalue weighted by Crippen LogP contribution is 2.41. The molecule has 0 amide bonds. The van der Waals surface area contributed by atoms with Crippen molar-refractivity contribution in [3.05, 3.63) is 251 Å². The summed E-state index contributed by atoms with van der Waals surface area (Å²) in [5, 5.41) is 39.7. The molecule has 2 heterocycles. The molecule has 12 rings (SSSR count). The topological polar surface area (TPSA) is 171 Å². The Labute approximate surface area is 462 Å². The van der Waals surface area contributed by atoms with Gasteiger partial charge in [0.15, 0.2) is 0 Å². The second-order valence-corrected chi connectivity index (χ2v) is 19.4. The molecular formula is C64H54N12O4. The van der Waals surface area contributed by atoms with Crippen LogP contribution in [0.3, 0.4) is 0 Å². The monoisotopic (exact) mass is 1050 g/mol. The maximum Gasteiger partial charge on any atom is 0.338 e. The van der Waals surface area contributed by atoms with Crippen molar-refractivity contribution < 1.29 is 19.1 Å². The van der Waals surface area contributed by atoms with Gasteiger partial charge in [0.25, 0.3) is 11.9 Å². The Bertz CT molecular complexity index is 3610. The predicted molar refractivity (Wildman–Crippen MR) is 307 cm³/mol. The third-order valence-corrected chi connectivity index (χ3v) is 14.1. The largest absolute Gasteiger partial charge is 0.462 e. The van der Waals surface area contributed by atoms with Crippen LogP contribution in [-0.4, -0.2) is 77.0 Å². The summed E-state index contributed by atoms with van der Waals surface area (Å²) in [6.07, 6.45) is 5.25. The van der Waals surface area contributed by atoms with Crippen LogP contribution >= 0.6 is 0 Å². The van der Waals surface area contributed by atoms with Crippen LogP contribution in [0, 0.1) is 0 Å². The molecule has 0 saturated heterocycles. The van der Waals surface area contributed by atoms with Crippen molar-refractivity contribution in [1.29, 1.82) is 0 Å². The van der Waals surface area contributed by atoms with Crippen LogP contribution in [0.25, 0.3) is 22.3 Å². The molecular weight excluding hydrogens is 1000 g/mol. The lowest BCUT2D eigenvalue weighted by Crippen LogP contribution is -2.19. The molecule has 16 heteroatoms. The van der Waals surface area contributed by atoms with Gasteiger partial charge >= 0.3 is 11.9 Å². The number of carbonyl (C=O) groups excluding carboxylic acids is 2. The second kappa shape index (κ2) is 23.6. The number of aromatic nitrogens is 8. The Kier molecular flexibility index (Phi) is 14.9. The number of anilines is 4. The van der Waals surface area contributed by atoms with Crippen LogP contribution in [0.4, 0.5) is 23.3 Å². The zero-order chi connectivity index (χ0) is 54.0. The number of para-hydroxylation sites is 2. The molecule has 16 nitrogen and oxygen atoms in total. The molecule has 0 N–H and O–H groups in total. The number of rotatable bonds is 21. The summed E-state index contributed by atoms with van der Waals surface area (Å²) in [6, 6.07) is 67.1. The van der Waals surface area contributed by atoms with Crippen LogP contribution < -0.4 is 10.0 Å². The number of ether oxygens (including phenoxy) is 2. The maximum atomic E-state index is 13.5. The van der Waals surface area contributed by atoms with Gasteiger partial charge in [0, 0.05) is 22.3 Å². The minimum atomic E-state index is -0.367. The van der Waals surface area contributed by atoms with Gasteiger partial charge in [-0.25, -0.2) is 19.0 Å². The highest BCUT2D eigenvalue weighted by Gasteiger charge is 2.31. The smallest absolute Gasteiger partial charge is 0.338 e. The van der Waals surface area contributed by atoms with Crippen molar-refractivity contribution in [1.82, 2.24) is 40.4 Å². The summed E-state index contributed by atoms with van der Waals surface area (Å²) in [5.74, 6) is 0.193. The van der Waals surface area contributed by atoms with Gasteiger partial charge < -0.3 is 9.47 Å². The number of esters is 2. The van der Waals surface area contributed by atoms with Gasteiger partial charge in [-0.15, -0.1) is 0 Å². The number of nitrogens with zero attached hydrogens (tertiary/aromatic N) is 12. The summed E-state index contributed by atoms with van der Waals surface area (Å²) >= 11 is 0. The number of unbranched alkanes of at least 4 members (excludes halogenated alkanes) is 5. The SMILES string of the molecule is O=C(OCCCCCCCCOC(=O)c1ccc2c(c1)-c1ccccc1/C2=N\N(c1ccccc1)c1nnnn1Cc1ccccc1)c1ccc2c(c1)-c1ccccc1/C2=N\N(c1ccccc1)c1nnnn1Cc1ccccc1. The number of benzene rings is 8. The minimum absolute atomic E-state index is 0.319. The maximum absolute atomic E-state index is 13.5. The summed E-state index contributed by atoms with van der Waals surface area (Å²) in [6.45, 7) is 1.56. The van der Waals surface area contributed by atoms with Gasteiger partial charge in [-0.2, -0.15) is 20.2 Å². The van der Waals surface area contributed by atoms with E-state index >= 15 is 0 Å². The normalized spacial score (nSPS) is 12.9. The molecule has 0 unspecified atom stereocenters. The third-order valence-electron chi connectivity index (χ3n) is 14.1. The Hall–Kier alpha value is -10.2. The van der Waals surface area contributed by atoms with Crippen LogP contribution in [0.5, 0.6) is 0 Å². The minimum Gasteiger partial charge on any atom is -0.462 e. The first kappa shape index (κ1) is 50.6. The Morgan fingerprint density at radius 3 is 1.15 bits per heavy atom. The van der Waals surface area contributed by atoms with Gasteiger partial charge in [-0.05, 0) is 116 Å². The fraction of sp³-hybridized carbons (Fsp3) is 0.156. The number of hydrogen-bond acceptors (Lipinski definition) is 14. The van der Waals surface area contributed by atoms with E-state index in [1.807, 2.05) is 194 Å². The Morgan fingerprint density at radius 2 is 0.738 bits per heavy atom. The lowest BCUT2D eigenvalue weighted by atomic mass is 10.0. The van der Waals surface area contributed by atoms with E-state index in [0.29, 0.717) is 49.3 Å². The molecule has 0 atom stereocenters. The van der Waals surface area contributed by atoms with Crippen LogP contribution in [0.15, 0.2) is 216 Å². The molecule has 2 aromatic heterocycles. The first-order valence-electron chi connectivity index (χ1n) is 26.8. The van der Waals surface area contributed by atoms with Crippen molar-refractivity contribution in [2.45, 2.75) is 51.6 Å². The zero-order valence-electron chi connectivity index (χ0n) is 43.7. The first-order chi connectivity index (χ1) is 39.5. The predicted octanol–water partition coefficient (Wildman–Crippen LogP) is 12.3. The molecule has 80 heavy (non-hydrogen) atoms. The summed E-state index contributed by atoms with van der Waals surface area (Å²) in [7, 11) is 0. The third kappa shape index (κ3) is 10.9. The molecule has 2 aliphatic rings. The number of fused-ring (bicyclic) bond motifs is 6. The lowest BCUT2D eigenvalue weighted by Gasteiger charge is -2.19. The molecule has 394 valence electrons. The quantitative estimate of drug-likeness (QED) is 0.0379. The van der Waals surface area contributed by atoms with E-state index < -0.39 is 0 Å². The van der Waals surface area contributed by atoms with Gasteiger partial charge in [0.05, 0.1) is 60.2 Å². The van der Waals surface area contributed by atoms with E-state index in [9.17, 15) is 9.59 Å². The Morgan fingerprint density at radius 1 is 0.388 bits per heavy atom. The Balaban J connectivity index is 0.633. The van der Waals surface area contributed by atoms with Crippen molar-refractivity contribution in [3.8, 4) is 22.3 Å². The van der Waals surface area contributed by atoms with E-state index in [0.717, 1.165) is 117 Å².